The predicted molar refractivity (Wildman–Crippen MR) is 104 cm³/mol. The van der Waals surface area contributed by atoms with Crippen LogP contribution in [0, 0.1) is 6.92 Å². The van der Waals surface area contributed by atoms with Crippen LogP contribution in [-0.4, -0.2) is 17.9 Å². The van der Waals surface area contributed by atoms with E-state index in [4.69, 9.17) is 5.73 Å². The van der Waals surface area contributed by atoms with Crippen molar-refractivity contribution in [1.29, 1.82) is 0 Å². The topological polar surface area (TPSA) is 84.2 Å². The van der Waals surface area contributed by atoms with Crippen molar-refractivity contribution in [1.82, 2.24) is 5.32 Å². The van der Waals surface area contributed by atoms with Gasteiger partial charge in [0.2, 0.25) is 0 Å². The largest absolute Gasteiger partial charge is 0.399 e. The third-order valence-corrected chi connectivity index (χ3v) is 4.83. The number of amides is 2. The first-order valence-corrected chi connectivity index (χ1v) is 9.11. The van der Waals surface area contributed by atoms with E-state index in [2.05, 4.69) is 10.6 Å². The normalized spacial score (nSPS) is 14.7. The maximum Gasteiger partial charge on any atom is 0.255 e. The van der Waals surface area contributed by atoms with Crippen LogP contribution in [0.5, 0.6) is 0 Å². The maximum atomic E-state index is 12.4. The fourth-order valence-corrected chi connectivity index (χ4v) is 3.34. The molecular formula is C21H25N3O2. The number of anilines is 2. The molecule has 0 spiro atoms. The summed E-state index contributed by atoms with van der Waals surface area (Å²) in [6, 6.07) is 12.4. The number of benzene rings is 2. The average Bonchev–Trinajstić information content (AvgIpc) is 2.64. The smallest absolute Gasteiger partial charge is 0.255 e. The summed E-state index contributed by atoms with van der Waals surface area (Å²) in [5.41, 5.74) is 8.93. The molecule has 5 nitrogen and oxygen atoms in total. The van der Waals surface area contributed by atoms with Gasteiger partial charge >= 0.3 is 0 Å². The van der Waals surface area contributed by atoms with E-state index in [0.717, 1.165) is 18.4 Å². The van der Waals surface area contributed by atoms with Crippen molar-refractivity contribution in [2.75, 3.05) is 11.1 Å². The standard InChI is InChI=1S/C21H25N3O2/c1-14-12-16(20(25)23-18-8-3-2-4-9-18)10-11-19(14)24-21(26)15-6-5-7-17(22)13-15/h5-7,10-13,18H,2-4,8-9,22H2,1H3,(H,23,25)(H,24,26). The zero-order chi connectivity index (χ0) is 18.5. The van der Waals surface area contributed by atoms with Crippen molar-refractivity contribution in [3.63, 3.8) is 0 Å². The molecule has 0 saturated heterocycles. The molecule has 0 aromatic heterocycles. The second kappa shape index (κ2) is 8.04. The first-order valence-electron chi connectivity index (χ1n) is 9.11. The van der Waals surface area contributed by atoms with Crippen LogP contribution in [0.3, 0.4) is 0 Å². The Bertz CT molecular complexity index is 811. The van der Waals surface area contributed by atoms with Crippen LogP contribution < -0.4 is 16.4 Å². The number of nitrogen functional groups attached to an aromatic ring is 1. The Balaban J connectivity index is 1.67. The molecule has 0 bridgehead atoms. The van der Waals surface area contributed by atoms with Gasteiger partial charge in [-0.3, -0.25) is 9.59 Å². The van der Waals surface area contributed by atoms with Gasteiger partial charge in [0.1, 0.15) is 0 Å². The molecule has 3 rings (SSSR count). The van der Waals surface area contributed by atoms with Gasteiger partial charge in [-0.05, 0) is 61.7 Å². The highest BCUT2D eigenvalue weighted by Gasteiger charge is 2.17. The monoisotopic (exact) mass is 351 g/mol. The number of aryl methyl sites for hydroxylation is 1. The van der Waals surface area contributed by atoms with E-state index in [-0.39, 0.29) is 17.9 Å². The summed E-state index contributed by atoms with van der Waals surface area (Å²) in [4.78, 5) is 24.8. The van der Waals surface area contributed by atoms with Crippen LogP contribution in [0.25, 0.3) is 0 Å². The summed E-state index contributed by atoms with van der Waals surface area (Å²) in [7, 11) is 0. The van der Waals surface area contributed by atoms with Crippen molar-refractivity contribution in [3.05, 3.63) is 59.2 Å². The van der Waals surface area contributed by atoms with Gasteiger partial charge in [-0.2, -0.15) is 0 Å². The van der Waals surface area contributed by atoms with E-state index in [1.54, 1.807) is 36.4 Å². The van der Waals surface area contributed by atoms with E-state index < -0.39 is 0 Å². The fraction of sp³-hybridized carbons (Fsp3) is 0.333. The van der Waals surface area contributed by atoms with Gasteiger partial charge in [0.25, 0.3) is 11.8 Å². The highest BCUT2D eigenvalue weighted by molar-refractivity contribution is 6.05. The maximum absolute atomic E-state index is 12.4. The summed E-state index contributed by atoms with van der Waals surface area (Å²) in [6.07, 6.45) is 5.73. The number of hydrogen-bond acceptors (Lipinski definition) is 3. The van der Waals surface area contributed by atoms with Crippen LogP contribution >= 0.6 is 0 Å². The van der Waals surface area contributed by atoms with Gasteiger partial charge in [0.15, 0.2) is 0 Å². The van der Waals surface area contributed by atoms with Gasteiger partial charge in [0.05, 0.1) is 0 Å². The first kappa shape index (κ1) is 18.0. The SMILES string of the molecule is Cc1cc(C(=O)NC2CCCCC2)ccc1NC(=O)c1cccc(N)c1. The summed E-state index contributed by atoms with van der Waals surface area (Å²) in [5.74, 6) is -0.270. The fourth-order valence-electron chi connectivity index (χ4n) is 3.34. The summed E-state index contributed by atoms with van der Waals surface area (Å²) in [5, 5.41) is 5.99. The van der Waals surface area contributed by atoms with Crippen molar-refractivity contribution < 1.29 is 9.59 Å². The predicted octanol–water partition coefficient (Wildman–Crippen LogP) is 3.89. The number of rotatable bonds is 4. The van der Waals surface area contributed by atoms with Crippen LogP contribution in [0.1, 0.15) is 58.4 Å². The van der Waals surface area contributed by atoms with Crippen molar-refractivity contribution >= 4 is 23.2 Å². The molecule has 0 atom stereocenters. The van der Waals surface area contributed by atoms with Gasteiger partial charge in [-0.25, -0.2) is 0 Å². The Morgan fingerprint density at radius 3 is 2.38 bits per heavy atom. The average molecular weight is 351 g/mol. The summed E-state index contributed by atoms with van der Waals surface area (Å²) in [6.45, 7) is 1.88. The van der Waals surface area contributed by atoms with E-state index >= 15 is 0 Å². The number of nitrogens with one attached hydrogen (secondary N) is 2. The van der Waals surface area contributed by atoms with Crippen LogP contribution in [0.15, 0.2) is 42.5 Å². The molecule has 2 amide bonds. The molecule has 136 valence electrons. The minimum absolute atomic E-state index is 0.0475. The Kier molecular flexibility index (Phi) is 5.56. The molecule has 1 fully saturated rings. The quantitative estimate of drug-likeness (QED) is 0.731. The second-order valence-corrected chi connectivity index (χ2v) is 6.92. The van der Waals surface area contributed by atoms with Crippen LogP contribution in [0.2, 0.25) is 0 Å². The molecule has 1 aliphatic carbocycles. The minimum Gasteiger partial charge on any atom is -0.399 e. The van der Waals surface area contributed by atoms with E-state index in [0.29, 0.717) is 22.5 Å². The zero-order valence-corrected chi connectivity index (χ0v) is 15.0. The third-order valence-electron chi connectivity index (χ3n) is 4.83. The number of nitrogens with two attached hydrogens (primary N) is 1. The van der Waals surface area contributed by atoms with E-state index in [9.17, 15) is 9.59 Å². The Labute approximate surface area is 154 Å². The highest BCUT2D eigenvalue weighted by Crippen LogP contribution is 2.20. The van der Waals surface area contributed by atoms with Gasteiger partial charge in [0, 0.05) is 28.5 Å². The van der Waals surface area contributed by atoms with Crippen molar-refractivity contribution in [2.24, 2.45) is 0 Å². The number of hydrogen-bond donors (Lipinski definition) is 3. The van der Waals surface area contributed by atoms with Gasteiger partial charge in [-0.1, -0.05) is 25.3 Å². The molecule has 1 aliphatic rings. The minimum atomic E-state index is -0.222. The van der Waals surface area contributed by atoms with Gasteiger partial charge in [-0.15, -0.1) is 0 Å². The lowest BCUT2D eigenvalue weighted by molar-refractivity contribution is 0.0927. The Hall–Kier alpha value is -2.82. The van der Waals surface area contributed by atoms with Gasteiger partial charge < -0.3 is 16.4 Å². The Morgan fingerprint density at radius 2 is 1.69 bits per heavy atom. The van der Waals surface area contributed by atoms with E-state index in [1.807, 2.05) is 13.0 Å². The molecule has 2 aromatic rings. The van der Waals surface area contributed by atoms with E-state index in [1.165, 1.54) is 19.3 Å². The molecule has 4 N–H and O–H groups in total. The third kappa shape index (κ3) is 4.42. The lowest BCUT2D eigenvalue weighted by atomic mass is 9.95. The molecule has 26 heavy (non-hydrogen) atoms. The molecule has 0 aliphatic heterocycles. The van der Waals surface area contributed by atoms with Crippen molar-refractivity contribution in [2.45, 2.75) is 45.1 Å². The van der Waals surface area contributed by atoms with Crippen molar-refractivity contribution in [3.8, 4) is 0 Å². The molecule has 1 saturated carbocycles. The number of carbonyl (C=O) groups excluding carboxylic acids is 2. The lowest BCUT2D eigenvalue weighted by Crippen LogP contribution is -2.36. The van der Waals surface area contributed by atoms with Crippen LogP contribution in [0.4, 0.5) is 11.4 Å². The summed E-state index contributed by atoms with van der Waals surface area (Å²) >= 11 is 0. The first-order chi connectivity index (χ1) is 12.5. The summed E-state index contributed by atoms with van der Waals surface area (Å²) < 4.78 is 0. The van der Waals surface area contributed by atoms with Crippen LogP contribution in [-0.2, 0) is 0 Å². The molecule has 0 unspecified atom stereocenters. The second-order valence-electron chi connectivity index (χ2n) is 6.92. The lowest BCUT2D eigenvalue weighted by Gasteiger charge is -2.23. The molecule has 0 heterocycles. The number of carbonyl (C=O) groups is 2. The molecule has 5 heteroatoms. The highest BCUT2D eigenvalue weighted by atomic mass is 16.2. The molecule has 0 radical (unpaired) electrons. The molecular weight excluding hydrogens is 326 g/mol. The Morgan fingerprint density at radius 1 is 0.962 bits per heavy atom. The zero-order valence-electron chi connectivity index (χ0n) is 15.0. The molecule has 2 aromatic carbocycles.